The van der Waals surface area contributed by atoms with Gasteiger partial charge in [-0.3, -0.25) is 4.90 Å². The summed E-state index contributed by atoms with van der Waals surface area (Å²) in [7, 11) is 4.17. The lowest BCUT2D eigenvalue weighted by Crippen LogP contribution is -2.59. The second kappa shape index (κ2) is 5.00. The van der Waals surface area contributed by atoms with Gasteiger partial charge in [-0.2, -0.15) is 0 Å². The summed E-state index contributed by atoms with van der Waals surface area (Å²) in [5, 5.41) is 13.1. The molecule has 0 aromatic carbocycles. The van der Waals surface area contributed by atoms with Crippen molar-refractivity contribution in [2.24, 2.45) is 5.92 Å². The number of aliphatic hydroxyl groups is 1. The van der Waals surface area contributed by atoms with E-state index in [1.807, 2.05) is 7.05 Å². The van der Waals surface area contributed by atoms with Gasteiger partial charge in [0.05, 0.1) is 12.1 Å². The predicted molar refractivity (Wildman–Crippen MR) is 65.5 cm³/mol. The highest BCUT2D eigenvalue weighted by molar-refractivity contribution is 5.02. The van der Waals surface area contributed by atoms with E-state index in [0.29, 0.717) is 5.92 Å². The van der Waals surface area contributed by atoms with Crippen LogP contribution in [0.15, 0.2) is 0 Å². The first kappa shape index (κ1) is 12.3. The van der Waals surface area contributed by atoms with Crippen LogP contribution in [0.1, 0.15) is 12.8 Å². The van der Waals surface area contributed by atoms with E-state index in [9.17, 15) is 5.11 Å². The molecular weight excluding hydrogens is 202 g/mol. The van der Waals surface area contributed by atoms with Crippen LogP contribution in [0.2, 0.25) is 0 Å². The molecule has 0 bridgehead atoms. The standard InChI is InChI=1S/C12H25N3O/c1-13-12(10-16,11-3-4-11)9-15-7-5-14(2)6-8-15/h11,13,16H,3-10H2,1-2H3. The molecule has 1 atom stereocenters. The minimum absolute atomic E-state index is 0.0457. The van der Waals surface area contributed by atoms with E-state index in [0.717, 1.165) is 32.7 Å². The topological polar surface area (TPSA) is 38.7 Å². The Hall–Kier alpha value is -0.160. The lowest BCUT2D eigenvalue weighted by Gasteiger charge is -2.40. The normalized spacial score (nSPS) is 27.9. The summed E-state index contributed by atoms with van der Waals surface area (Å²) in [6, 6.07) is 0. The molecule has 1 saturated carbocycles. The molecule has 94 valence electrons. The van der Waals surface area contributed by atoms with Crippen LogP contribution in [0.5, 0.6) is 0 Å². The molecule has 0 spiro atoms. The lowest BCUT2D eigenvalue weighted by molar-refractivity contribution is 0.0706. The van der Waals surface area contributed by atoms with Gasteiger partial charge in [-0.05, 0) is 32.9 Å². The Morgan fingerprint density at radius 1 is 1.25 bits per heavy atom. The Morgan fingerprint density at radius 2 is 1.88 bits per heavy atom. The summed E-state index contributed by atoms with van der Waals surface area (Å²) < 4.78 is 0. The van der Waals surface area contributed by atoms with Gasteiger partial charge >= 0.3 is 0 Å². The number of rotatable bonds is 5. The minimum Gasteiger partial charge on any atom is -0.394 e. The maximum Gasteiger partial charge on any atom is 0.0628 e. The highest BCUT2D eigenvalue weighted by atomic mass is 16.3. The van der Waals surface area contributed by atoms with Crippen LogP contribution in [0, 0.1) is 5.92 Å². The number of hydrogen-bond donors (Lipinski definition) is 2. The molecule has 2 rings (SSSR count). The molecule has 1 unspecified atom stereocenters. The largest absolute Gasteiger partial charge is 0.394 e. The van der Waals surface area contributed by atoms with Gasteiger partial charge in [0.2, 0.25) is 0 Å². The molecule has 2 fully saturated rings. The van der Waals surface area contributed by atoms with Crippen LogP contribution in [0.25, 0.3) is 0 Å². The molecule has 1 aliphatic carbocycles. The second-order valence-electron chi connectivity index (χ2n) is 5.42. The number of nitrogens with zero attached hydrogens (tertiary/aromatic N) is 2. The van der Waals surface area contributed by atoms with Crippen molar-refractivity contribution < 1.29 is 5.11 Å². The molecule has 0 amide bonds. The van der Waals surface area contributed by atoms with Crippen molar-refractivity contribution in [3.8, 4) is 0 Å². The Kier molecular flexibility index (Phi) is 3.85. The average molecular weight is 227 g/mol. The smallest absolute Gasteiger partial charge is 0.0628 e. The van der Waals surface area contributed by atoms with Gasteiger partial charge in [0.1, 0.15) is 0 Å². The van der Waals surface area contributed by atoms with Crippen molar-refractivity contribution in [3.05, 3.63) is 0 Å². The number of likely N-dealkylation sites (N-methyl/N-ethyl adjacent to an activating group) is 2. The Morgan fingerprint density at radius 3 is 2.31 bits per heavy atom. The van der Waals surface area contributed by atoms with Crippen LogP contribution in [0.4, 0.5) is 0 Å². The summed E-state index contributed by atoms with van der Waals surface area (Å²) in [6.07, 6.45) is 2.55. The van der Waals surface area contributed by atoms with Crippen molar-refractivity contribution in [1.82, 2.24) is 15.1 Å². The molecule has 1 aliphatic heterocycles. The maximum absolute atomic E-state index is 9.67. The number of hydrogen-bond acceptors (Lipinski definition) is 4. The van der Waals surface area contributed by atoms with E-state index in [4.69, 9.17) is 0 Å². The predicted octanol–water partition coefficient (Wildman–Crippen LogP) is -0.406. The third-order valence-electron chi connectivity index (χ3n) is 4.24. The fourth-order valence-electron chi connectivity index (χ4n) is 2.71. The van der Waals surface area contributed by atoms with Crippen molar-refractivity contribution in [1.29, 1.82) is 0 Å². The van der Waals surface area contributed by atoms with E-state index < -0.39 is 0 Å². The van der Waals surface area contributed by atoms with E-state index in [-0.39, 0.29) is 12.1 Å². The van der Waals surface area contributed by atoms with Gasteiger partial charge < -0.3 is 15.3 Å². The van der Waals surface area contributed by atoms with Crippen LogP contribution >= 0.6 is 0 Å². The fraction of sp³-hybridized carbons (Fsp3) is 1.00. The zero-order valence-corrected chi connectivity index (χ0v) is 10.6. The fourth-order valence-corrected chi connectivity index (χ4v) is 2.71. The van der Waals surface area contributed by atoms with Crippen molar-refractivity contribution >= 4 is 0 Å². The van der Waals surface area contributed by atoms with E-state index in [1.54, 1.807) is 0 Å². The van der Waals surface area contributed by atoms with Crippen LogP contribution in [-0.2, 0) is 0 Å². The Balaban J connectivity index is 1.90. The molecule has 16 heavy (non-hydrogen) atoms. The van der Waals surface area contributed by atoms with Crippen molar-refractivity contribution in [2.45, 2.75) is 18.4 Å². The molecule has 0 radical (unpaired) electrons. The van der Waals surface area contributed by atoms with Gasteiger partial charge in [0.25, 0.3) is 0 Å². The molecule has 1 saturated heterocycles. The number of piperazine rings is 1. The molecular formula is C12H25N3O. The lowest BCUT2D eigenvalue weighted by atomic mass is 9.93. The summed E-state index contributed by atoms with van der Waals surface area (Å²) >= 11 is 0. The number of nitrogens with one attached hydrogen (secondary N) is 1. The van der Waals surface area contributed by atoms with Crippen molar-refractivity contribution in [3.63, 3.8) is 0 Å². The van der Waals surface area contributed by atoms with Crippen molar-refractivity contribution in [2.75, 3.05) is 53.4 Å². The highest BCUT2D eigenvalue weighted by Gasteiger charge is 2.44. The Bertz CT molecular complexity index is 218. The Labute approximate surface area is 98.6 Å². The third kappa shape index (κ3) is 2.56. The molecule has 0 aromatic heterocycles. The molecule has 1 heterocycles. The van der Waals surface area contributed by atoms with Crippen LogP contribution < -0.4 is 5.32 Å². The average Bonchev–Trinajstić information content (AvgIpc) is 3.13. The quantitative estimate of drug-likeness (QED) is 0.670. The van der Waals surface area contributed by atoms with Crippen LogP contribution in [0.3, 0.4) is 0 Å². The first-order chi connectivity index (χ1) is 7.70. The second-order valence-corrected chi connectivity index (χ2v) is 5.42. The van der Waals surface area contributed by atoms with Gasteiger partial charge in [-0.1, -0.05) is 0 Å². The molecule has 0 aromatic rings. The molecule has 2 aliphatic rings. The van der Waals surface area contributed by atoms with E-state index >= 15 is 0 Å². The van der Waals surface area contributed by atoms with Gasteiger partial charge in [-0.15, -0.1) is 0 Å². The summed E-state index contributed by atoms with van der Waals surface area (Å²) in [6.45, 7) is 5.82. The summed E-state index contributed by atoms with van der Waals surface area (Å²) in [4.78, 5) is 4.86. The first-order valence-corrected chi connectivity index (χ1v) is 6.41. The molecule has 4 nitrogen and oxygen atoms in total. The summed E-state index contributed by atoms with van der Waals surface area (Å²) in [5.41, 5.74) is -0.0457. The molecule has 2 N–H and O–H groups in total. The molecule has 4 heteroatoms. The maximum atomic E-state index is 9.67. The zero-order valence-electron chi connectivity index (χ0n) is 10.6. The van der Waals surface area contributed by atoms with Gasteiger partial charge in [0.15, 0.2) is 0 Å². The van der Waals surface area contributed by atoms with E-state index in [2.05, 4.69) is 22.2 Å². The number of aliphatic hydroxyl groups excluding tert-OH is 1. The third-order valence-corrected chi connectivity index (χ3v) is 4.24. The van der Waals surface area contributed by atoms with Crippen LogP contribution in [-0.4, -0.2) is 73.9 Å². The van der Waals surface area contributed by atoms with E-state index in [1.165, 1.54) is 12.8 Å². The zero-order chi connectivity index (χ0) is 11.6. The first-order valence-electron chi connectivity index (χ1n) is 6.41. The van der Waals surface area contributed by atoms with Gasteiger partial charge in [-0.25, -0.2) is 0 Å². The monoisotopic (exact) mass is 227 g/mol. The summed E-state index contributed by atoms with van der Waals surface area (Å²) in [5.74, 6) is 0.683. The SMILES string of the molecule is CNC(CO)(CN1CCN(C)CC1)C1CC1. The van der Waals surface area contributed by atoms with Gasteiger partial charge in [0, 0.05) is 32.7 Å². The highest BCUT2D eigenvalue weighted by Crippen LogP contribution is 2.39. The minimum atomic E-state index is -0.0457.